The Morgan fingerprint density at radius 1 is 1.17 bits per heavy atom. The van der Waals surface area contributed by atoms with Crippen molar-refractivity contribution in [3.63, 3.8) is 0 Å². The monoisotopic (exact) mass is 200 g/mol. The van der Waals surface area contributed by atoms with Crippen LogP contribution in [0.4, 0.5) is 0 Å². The van der Waals surface area contributed by atoms with Gasteiger partial charge in [-0.05, 0) is 0 Å². The number of halogens is 1. The molecule has 0 radical (unpaired) electrons. The Kier molecular flexibility index (Phi) is 24.7. The molecule has 0 heterocycles. The van der Waals surface area contributed by atoms with E-state index in [1.807, 2.05) is 0 Å². The molecule has 0 bridgehead atoms. The molecule has 0 spiro atoms. The Balaban J connectivity index is -0.0000000300. The number of hydrogen-bond donors (Lipinski definition) is 0. The van der Waals surface area contributed by atoms with Gasteiger partial charge in [0.15, 0.2) is 0 Å². The van der Waals surface area contributed by atoms with Crippen LogP contribution in [0.3, 0.4) is 0 Å². The predicted octanol–water partition coefficient (Wildman–Crippen LogP) is 2.01. The van der Waals surface area contributed by atoms with Crippen LogP contribution in [0.2, 0.25) is 0 Å². The van der Waals surface area contributed by atoms with Crippen molar-refractivity contribution in [1.82, 2.24) is 0 Å². The molecule has 1 fully saturated rings. The predicted molar refractivity (Wildman–Crippen MR) is 30.3 cm³/mol. The molecule has 0 aliphatic heterocycles. The van der Waals surface area contributed by atoms with Crippen LogP contribution in [0.1, 0.15) is 12.8 Å². The summed E-state index contributed by atoms with van der Waals surface area (Å²) in [4.78, 5) is 0. The summed E-state index contributed by atoms with van der Waals surface area (Å²) in [7, 11) is 0. The van der Waals surface area contributed by atoms with Gasteiger partial charge in [0, 0.05) is 0 Å². The normalized spacial score (nSPS) is 12.0. The molecule has 2 heteroatoms. The summed E-state index contributed by atoms with van der Waals surface area (Å²) in [5, 5.41) is 0. The minimum Gasteiger partial charge on any atom is -0.358 e. The molecule has 6 heavy (non-hydrogen) atoms. The second-order valence-corrected chi connectivity index (χ2v) is 0.866. The summed E-state index contributed by atoms with van der Waals surface area (Å²) in [6.45, 7) is 0. The van der Waals surface area contributed by atoms with Crippen molar-refractivity contribution in [1.29, 1.82) is 0 Å². The van der Waals surface area contributed by atoms with Crippen LogP contribution >= 0.6 is 17.0 Å². The standard InChI is InChI=1S/C3H5.CH3.BrH.Zn/c1-2-3-1;;;/h1H,2-3H2;1H3;1H;/q2*-1;;+2. The first-order valence-corrected chi connectivity index (χ1v) is 1.32. The van der Waals surface area contributed by atoms with Crippen LogP contribution in [0.5, 0.6) is 0 Å². The average Bonchev–Trinajstić information content (AvgIpc) is 1.46. The largest absolute Gasteiger partial charge is 2.00 e. The summed E-state index contributed by atoms with van der Waals surface area (Å²) in [6, 6.07) is 0. The smallest absolute Gasteiger partial charge is 0.358 e. The fraction of sp³-hybridized carbons (Fsp3) is 0.500. The molecule has 34 valence electrons. The van der Waals surface area contributed by atoms with E-state index in [-0.39, 0.29) is 43.9 Å². The van der Waals surface area contributed by atoms with E-state index in [2.05, 4.69) is 6.42 Å². The number of rotatable bonds is 0. The topological polar surface area (TPSA) is 0 Å². The van der Waals surface area contributed by atoms with E-state index in [9.17, 15) is 0 Å². The zero-order valence-electron chi connectivity index (χ0n) is 4.11. The second kappa shape index (κ2) is 9.44. The molecular formula is C4H9BrZn. The van der Waals surface area contributed by atoms with E-state index in [4.69, 9.17) is 0 Å². The fourth-order valence-corrected chi connectivity index (χ4v) is 0. The minimum atomic E-state index is 0. The maximum Gasteiger partial charge on any atom is 2.00 e. The van der Waals surface area contributed by atoms with Gasteiger partial charge in [-0.15, -0.1) is 17.0 Å². The summed E-state index contributed by atoms with van der Waals surface area (Å²) in [5.41, 5.74) is 0. The molecule has 1 aliphatic rings. The molecule has 0 aromatic carbocycles. The molecule has 1 rings (SSSR count). The van der Waals surface area contributed by atoms with Gasteiger partial charge < -0.3 is 13.8 Å². The van der Waals surface area contributed by atoms with Crippen molar-refractivity contribution in [2.24, 2.45) is 0 Å². The average molecular weight is 202 g/mol. The van der Waals surface area contributed by atoms with Crippen molar-refractivity contribution in [3.05, 3.63) is 13.8 Å². The van der Waals surface area contributed by atoms with Crippen molar-refractivity contribution in [2.45, 2.75) is 12.8 Å². The van der Waals surface area contributed by atoms with Gasteiger partial charge in [-0.1, -0.05) is 0 Å². The third-order valence-corrected chi connectivity index (χ3v) is 0.289. The van der Waals surface area contributed by atoms with Crippen molar-refractivity contribution < 1.29 is 19.5 Å². The molecule has 0 unspecified atom stereocenters. The van der Waals surface area contributed by atoms with Crippen LogP contribution in [0, 0.1) is 13.8 Å². The fourth-order valence-electron chi connectivity index (χ4n) is 0. The van der Waals surface area contributed by atoms with Gasteiger partial charge in [0.2, 0.25) is 0 Å². The Morgan fingerprint density at radius 3 is 1.33 bits per heavy atom. The zero-order valence-corrected chi connectivity index (χ0v) is 8.79. The second-order valence-electron chi connectivity index (χ2n) is 0.866. The maximum absolute atomic E-state index is 2.25. The van der Waals surface area contributed by atoms with Gasteiger partial charge in [-0.2, -0.15) is 0 Å². The van der Waals surface area contributed by atoms with Gasteiger partial charge in [-0.3, -0.25) is 0 Å². The van der Waals surface area contributed by atoms with Crippen LogP contribution < -0.4 is 0 Å². The SMILES string of the molecule is Br.[CH-]1CC1.[CH3-].[Zn+2]. The Hall–Kier alpha value is 1.10. The molecule has 1 saturated carbocycles. The number of hydrogen-bond acceptors (Lipinski definition) is 0. The summed E-state index contributed by atoms with van der Waals surface area (Å²) < 4.78 is 0. The van der Waals surface area contributed by atoms with Gasteiger partial charge >= 0.3 is 19.5 Å². The van der Waals surface area contributed by atoms with Gasteiger partial charge in [0.25, 0.3) is 0 Å². The molecule has 0 saturated heterocycles. The van der Waals surface area contributed by atoms with E-state index in [0.29, 0.717) is 0 Å². The van der Waals surface area contributed by atoms with Crippen LogP contribution in [-0.4, -0.2) is 0 Å². The van der Waals surface area contributed by atoms with E-state index in [0.717, 1.165) is 0 Å². The molecule has 0 aromatic heterocycles. The van der Waals surface area contributed by atoms with Crippen molar-refractivity contribution in [2.75, 3.05) is 0 Å². The van der Waals surface area contributed by atoms with Crippen LogP contribution in [0.15, 0.2) is 0 Å². The molecule has 0 amide bonds. The van der Waals surface area contributed by atoms with E-state index >= 15 is 0 Å². The summed E-state index contributed by atoms with van der Waals surface area (Å²) >= 11 is 0. The van der Waals surface area contributed by atoms with Crippen LogP contribution in [-0.2, 0) is 19.5 Å². The molecule has 0 atom stereocenters. The molecule has 0 nitrogen and oxygen atoms in total. The third kappa shape index (κ3) is 19.4. The van der Waals surface area contributed by atoms with E-state index in [1.54, 1.807) is 0 Å². The zero-order chi connectivity index (χ0) is 2.12. The van der Waals surface area contributed by atoms with Crippen molar-refractivity contribution >= 4 is 17.0 Å². The quantitative estimate of drug-likeness (QED) is 0.416. The van der Waals surface area contributed by atoms with Crippen molar-refractivity contribution in [3.8, 4) is 0 Å². The van der Waals surface area contributed by atoms with Gasteiger partial charge in [0.05, 0.1) is 0 Å². The Labute approximate surface area is 63.2 Å². The Bertz CT molecular complexity index is 12.3. The Morgan fingerprint density at radius 2 is 1.33 bits per heavy atom. The first-order chi connectivity index (χ1) is 1.50. The molecular weight excluding hydrogens is 193 g/mol. The summed E-state index contributed by atoms with van der Waals surface area (Å²) in [5.74, 6) is 0. The first-order valence-electron chi connectivity index (χ1n) is 1.32. The van der Waals surface area contributed by atoms with Gasteiger partial charge in [0.1, 0.15) is 0 Å². The summed E-state index contributed by atoms with van der Waals surface area (Å²) in [6.07, 6.45) is 5.00. The first kappa shape index (κ1) is 15.7. The molecule has 1 aliphatic carbocycles. The molecule has 0 N–H and O–H groups in total. The van der Waals surface area contributed by atoms with E-state index in [1.165, 1.54) is 12.8 Å². The molecule has 0 aromatic rings. The maximum atomic E-state index is 2.25. The van der Waals surface area contributed by atoms with E-state index < -0.39 is 0 Å². The minimum absolute atomic E-state index is 0. The van der Waals surface area contributed by atoms with Gasteiger partial charge in [-0.25, -0.2) is 12.8 Å². The third-order valence-electron chi connectivity index (χ3n) is 0.289. The van der Waals surface area contributed by atoms with Crippen LogP contribution in [0.25, 0.3) is 0 Å².